The third kappa shape index (κ3) is 5.16. The van der Waals surface area contributed by atoms with Gasteiger partial charge in [0.2, 0.25) is 5.88 Å². The summed E-state index contributed by atoms with van der Waals surface area (Å²) >= 11 is 0. The van der Waals surface area contributed by atoms with Crippen molar-refractivity contribution in [2.75, 3.05) is 26.6 Å². The van der Waals surface area contributed by atoms with Crippen molar-refractivity contribution in [2.45, 2.75) is 38.3 Å². The maximum atomic E-state index is 13.3. The second-order valence-electron chi connectivity index (χ2n) is 6.62. The van der Waals surface area contributed by atoms with Gasteiger partial charge in [-0.3, -0.25) is 4.79 Å². The maximum absolute atomic E-state index is 13.3. The van der Waals surface area contributed by atoms with Crippen LogP contribution in [0.1, 0.15) is 35.3 Å². The van der Waals surface area contributed by atoms with Gasteiger partial charge < -0.3 is 14.2 Å². The van der Waals surface area contributed by atoms with Crippen LogP contribution in [0.3, 0.4) is 0 Å². The number of aromatic nitrogens is 2. The quantitative estimate of drug-likeness (QED) is 0.428. The number of carbonyl (C=O) groups excluding carboxylic acids is 1. The van der Waals surface area contributed by atoms with Crippen LogP contribution in [0.25, 0.3) is 0 Å². The van der Waals surface area contributed by atoms with E-state index in [1.807, 2.05) is 6.92 Å². The summed E-state index contributed by atoms with van der Waals surface area (Å²) in [5.41, 5.74) is 1.01. The number of ether oxygens (including phenoxy) is 3. The molecule has 1 unspecified atom stereocenters. The zero-order valence-corrected chi connectivity index (χ0v) is 18.2. The molecule has 0 aliphatic rings. The molecule has 2 rings (SSSR count). The summed E-state index contributed by atoms with van der Waals surface area (Å²) in [6, 6.07) is 2.87. The van der Waals surface area contributed by atoms with Gasteiger partial charge in [0.15, 0.2) is 15.6 Å². The molecule has 0 aliphatic heterocycles. The Labute approximate surface area is 171 Å². The molecule has 1 aromatic carbocycles. The van der Waals surface area contributed by atoms with Crippen LogP contribution in [0.2, 0.25) is 0 Å². The van der Waals surface area contributed by atoms with Crippen molar-refractivity contribution in [3.63, 3.8) is 0 Å². The first-order chi connectivity index (χ1) is 13.6. The highest BCUT2D eigenvalue weighted by atomic mass is 32.2. The molecule has 1 aromatic heterocycles. The molecular weight excluding hydrogens is 396 g/mol. The molecule has 0 fully saturated rings. The fourth-order valence-corrected chi connectivity index (χ4v) is 3.69. The minimum absolute atomic E-state index is 0.0229. The molecule has 0 spiro atoms. The third-order valence-electron chi connectivity index (χ3n) is 4.20. The van der Waals surface area contributed by atoms with Crippen LogP contribution in [-0.4, -0.2) is 56.7 Å². The number of carbonyl (C=O) groups is 1. The van der Waals surface area contributed by atoms with Crippen LogP contribution >= 0.6 is 0 Å². The van der Waals surface area contributed by atoms with Crippen molar-refractivity contribution >= 4 is 15.6 Å². The average molecular weight is 424 g/mol. The van der Waals surface area contributed by atoms with Gasteiger partial charge in [-0.05, 0) is 39.8 Å². The van der Waals surface area contributed by atoms with E-state index in [1.165, 1.54) is 25.4 Å². The SMILES string of the molecule is [CH2]C(C)Oc1c(C(=O)c2ccc(S(C)(=O)=O)c(OCCOC)c2C)cnn1CC. The lowest BCUT2D eigenvalue weighted by Crippen LogP contribution is -2.15. The second-order valence-corrected chi connectivity index (χ2v) is 8.60. The maximum Gasteiger partial charge on any atom is 0.223 e. The molecule has 1 atom stereocenters. The Kier molecular flexibility index (Phi) is 7.43. The third-order valence-corrected chi connectivity index (χ3v) is 5.32. The van der Waals surface area contributed by atoms with E-state index < -0.39 is 9.84 Å². The lowest BCUT2D eigenvalue weighted by Gasteiger charge is -2.16. The van der Waals surface area contributed by atoms with E-state index in [2.05, 4.69) is 12.0 Å². The Balaban J connectivity index is 2.56. The Morgan fingerprint density at radius 1 is 1.28 bits per heavy atom. The van der Waals surface area contributed by atoms with Crippen LogP contribution < -0.4 is 9.47 Å². The molecule has 2 aromatic rings. The van der Waals surface area contributed by atoms with Gasteiger partial charge in [-0.25, -0.2) is 13.1 Å². The first-order valence-corrected chi connectivity index (χ1v) is 11.1. The van der Waals surface area contributed by atoms with E-state index >= 15 is 0 Å². The number of benzene rings is 1. The van der Waals surface area contributed by atoms with Crippen LogP contribution in [0.4, 0.5) is 0 Å². The minimum atomic E-state index is -3.55. The number of ketones is 1. The predicted molar refractivity (Wildman–Crippen MR) is 108 cm³/mol. The zero-order valence-electron chi connectivity index (χ0n) is 17.4. The summed E-state index contributed by atoms with van der Waals surface area (Å²) in [6.45, 7) is 10.0. The monoisotopic (exact) mass is 423 g/mol. The molecule has 29 heavy (non-hydrogen) atoms. The molecule has 0 saturated carbocycles. The van der Waals surface area contributed by atoms with Crippen LogP contribution in [0.5, 0.6) is 11.6 Å². The van der Waals surface area contributed by atoms with Gasteiger partial charge in [-0.15, -0.1) is 0 Å². The van der Waals surface area contributed by atoms with E-state index in [9.17, 15) is 13.2 Å². The van der Waals surface area contributed by atoms with Gasteiger partial charge in [0, 0.05) is 31.0 Å². The number of hydrogen-bond donors (Lipinski definition) is 0. The molecule has 9 heteroatoms. The molecule has 8 nitrogen and oxygen atoms in total. The van der Waals surface area contributed by atoms with Crippen molar-refractivity contribution in [1.29, 1.82) is 0 Å². The van der Waals surface area contributed by atoms with Crippen molar-refractivity contribution < 1.29 is 27.4 Å². The first-order valence-electron chi connectivity index (χ1n) is 9.17. The number of hydrogen-bond acceptors (Lipinski definition) is 7. The second kappa shape index (κ2) is 9.41. The number of rotatable bonds is 10. The van der Waals surface area contributed by atoms with Crippen LogP contribution in [0, 0.1) is 13.8 Å². The lowest BCUT2D eigenvalue weighted by atomic mass is 10.00. The fraction of sp³-hybridized carbons (Fsp3) is 0.450. The highest BCUT2D eigenvalue weighted by Crippen LogP contribution is 2.33. The van der Waals surface area contributed by atoms with Gasteiger partial charge in [0.05, 0.1) is 18.9 Å². The molecular formula is C20H27N2O6S. The molecule has 1 radical (unpaired) electrons. The van der Waals surface area contributed by atoms with E-state index in [4.69, 9.17) is 14.2 Å². The Hall–Kier alpha value is -2.39. The summed E-state index contributed by atoms with van der Waals surface area (Å²) in [6.07, 6.45) is 2.16. The normalized spacial score (nSPS) is 11.7. The molecule has 0 amide bonds. The average Bonchev–Trinajstić information content (AvgIpc) is 3.03. The minimum Gasteiger partial charge on any atom is -0.490 e. The Morgan fingerprint density at radius 2 is 1.97 bits per heavy atom. The molecule has 0 saturated heterocycles. The summed E-state index contributed by atoms with van der Waals surface area (Å²) in [7, 11) is -2.03. The van der Waals surface area contributed by atoms with Crippen molar-refractivity contribution in [2.24, 2.45) is 0 Å². The number of aryl methyl sites for hydroxylation is 1. The molecule has 1 heterocycles. The van der Waals surface area contributed by atoms with Crippen molar-refractivity contribution in [3.05, 3.63) is 41.9 Å². The number of methoxy groups -OCH3 is 1. The van der Waals surface area contributed by atoms with E-state index in [1.54, 1.807) is 18.5 Å². The van der Waals surface area contributed by atoms with Gasteiger partial charge in [0.25, 0.3) is 0 Å². The molecule has 159 valence electrons. The summed E-state index contributed by atoms with van der Waals surface area (Å²) < 4.78 is 42.3. The fourth-order valence-electron chi connectivity index (χ4n) is 2.83. The Bertz CT molecular complexity index is 979. The van der Waals surface area contributed by atoms with Gasteiger partial charge in [-0.2, -0.15) is 5.10 Å². The summed E-state index contributed by atoms with van der Waals surface area (Å²) in [4.78, 5) is 13.3. The van der Waals surface area contributed by atoms with Gasteiger partial charge in [-0.1, -0.05) is 0 Å². The van der Waals surface area contributed by atoms with Crippen LogP contribution in [0.15, 0.2) is 23.2 Å². The number of nitrogens with zero attached hydrogens (tertiary/aromatic N) is 2. The highest BCUT2D eigenvalue weighted by molar-refractivity contribution is 7.90. The van der Waals surface area contributed by atoms with E-state index in [0.717, 1.165) is 6.26 Å². The van der Waals surface area contributed by atoms with Crippen molar-refractivity contribution in [3.8, 4) is 11.6 Å². The van der Waals surface area contributed by atoms with Crippen molar-refractivity contribution in [1.82, 2.24) is 9.78 Å². The van der Waals surface area contributed by atoms with E-state index in [-0.39, 0.29) is 41.3 Å². The standard InChI is InChI=1S/C20H27N2O6S/c1-7-22-20(28-13(2)3)16(12-21-22)18(23)15-8-9-17(29(6,24)25)19(14(15)4)27-11-10-26-5/h8-9,12-13H,2,7,10-11H2,1,3-6H3. The largest absolute Gasteiger partial charge is 0.490 e. The topological polar surface area (TPSA) is 96.7 Å². The van der Waals surface area contributed by atoms with Gasteiger partial charge in [0.1, 0.15) is 22.8 Å². The smallest absolute Gasteiger partial charge is 0.223 e. The summed E-state index contributed by atoms with van der Waals surface area (Å²) in [5, 5.41) is 4.20. The molecule has 0 bridgehead atoms. The predicted octanol–water partition coefficient (Wildman–Crippen LogP) is 2.47. The number of sulfone groups is 1. The van der Waals surface area contributed by atoms with Gasteiger partial charge >= 0.3 is 0 Å². The first kappa shape index (κ1) is 22.9. The zero-order chi connectivity index (χ0) is 21.8. The highest BCUT2D eigenvalue weighted by Gasteiger charge is 2.26. The van der Waals surface area contributed by atoms with E-state index in [0.29, 0.717) is 23.6 Å². The molecule has 0 N–H and O–H groups in total. The lowest BCUT2D eigenvalue weighted by molar-refractivity contribution is 0.103. The molecule has 0 aliphatic carbocycles. The Morgan fingerprint density at radius 3 is 2.52 bits per heavy atom. The summed E-state index contributed by atoms with van der Waals surface area (Å²) in [5.74, 6) is 0.134. The van der Waals surface area contributed by atoms with Crippen LogP contribution in [-0.2, 0) is 21.1 Å².